The lowest BCUT2D eigenvalue weighted by Crippen LogP contribution is -2.39. The number of ether oxygens (including phenoxy) is 1. The molecule has 3 aromatic rings. The monoisotopic (exact) mass is 362 g/mol. The Morgan fingerprint density at radius 3 is 2.81 bits per heavy atom. The van der Waals surface area contributed by atoms with E-state index in [9.17, 15) is 9.59 Å². The van der Waals surface area contributed by atoms with Crippen LogP contribution >= 0.6 is 0 Å². The number of amides is 1. The van der Waals surface area contributed by atoms with Crippen molar-refractivity contribution in [2.24, 2.45) is 0 Å². The van der Waals surface area contributed by atoms with Crippen molar-refractivity contribution in [2.45, 2.75) is 32.3 Å². The molecule has 138 valence electrons. The number of fused-ring (bicyclic) bond motifs is 2. The van der Waals surface area contributed by atoms with Crippen molar-refractivity contribution in [3.63, 3.8) is 0 Å². The summed E-state index contributed by atoms with van der Waals surface area (Å²) >= 11 is 0. The quantitative estimate of drug-likeness (QED) is 0.705. The third kappa shape index (κ3) is 3.45. The molecule has 5 nitrogen and oxygen atoms in total. The molecular weight excluding hydrogens is 340 g/mol. The van der Waals surface area contributed by atoms with Gasteiger partial charge in [-0.25, -0.2) is 0 Å². The number of para-hydroxylation sites is 2. The zero-order valence-corrected chi connectivity index (χ0v) is 15.3. The molecule has 1 aliphatic rings. The Labute approximate surface area is 157 Å². The number of anilines is 1. The molecule has 0 spiro atoms. The SMILES string of the molecule is C[C@@H](OC(=O)CCc1c[nH]c2ccccc12)C(=O)N1CCc2ccccc21. The van der Waals surface area contributed by atoms with Gasteiger partial charge < -0.3 is 14.6 Å². The van der Waals surface area contributed by atoms with Crippen molar-refractivity contribution in [3.8, 4) is 0 Å². The minimum atomic E-state index is -0.786. The summed E-state index contributed by atoms with van der Waals surface area (Å²) < 4.78 is 5.41. The van der Waals surface area contributed by atoms with Crippen LogP contribution in [-0.2, 0) is 27.2 Å². The highest BCUT2D eigenvalue weighted by molar-refractivity contribution is 5.99. The summed E-state index contributed by atoms with van der Waals surface area (Å²) in [5.41, 5.74) is 4.21. The van der Waals surface area contributed by atoms with E-state index >= 15 is 0 Å². The molecule has 2 heterocycles. The molecule has 27 heavy (non-hydrogen) atoms. The van der Waals surface area contributed by atoms with Gasteiger partial charge >= 0.3 is 5.97 Å². The van der Waals surface area contributed by atoms with Gasteiger partial charge in [0.1, 0.15) is 0 Å². The van der Waals surface area contributed by atoms with Crippen molar-refractivity contribution < 1.29 is 14.3 Å². The number of nitrogens with one attached hydrogen (secondary N) is 1. The minimum absolute atomic E-state index is 0.166. The normalized spacial score (nSPS) is 14.2. The number of esters is 1. The molecule has 0 bridgehead atoms. The van der Waals surface area contributed by atoms with Crippen LogP contribution in [0.25, 0.3) is 10.9 Å². The molecule has 0 unspecified atom stereocenters. The Hall–Kier alpha value is -3.08. The molecule has 0 saturated carbocycles. The van der Waals surface area contributed by atoms with E-state index in [0.29, 0.717) is 13.0 Å². The highest BCUT2D eigenvalue weighted by atomic mass is 16.5. The maximum atomic E-state index is 12.7. The maximum Gasteiger partial charge on any atom is 0.306 e. The highest BCUT2D eigenvalue weighted by Crippen LogP contribution is 2.28. The fraction of sp³-hybridized carbons (Fsp3) is 0.273. The zero-order valence-electron chi connectivity index (χ0n) is 15.3. The topological polar surface area (TPSA) is 62.4 Å². The second kappa shape index (κ2) is 7.27. The molecule has 1 amide bonds. The standard InChI is InChI=1S/C22H22N2O3/c1-15(22(26)24-13-12-16-6-2-5-9-20(16)24)27-21(25)11-10-17-14-23-19-8-4-3-7-18(17)19/h2-9,14-15,23H,10-13H2,1H3/t15-/m1/s1. The van der Waals surface area contributed by atoms with Gasteiger partial charge in [0.2, 0.25) is 0 Å². The van der Waals surface area contributed by atoms with Crippen LogP contribution < -0.4 is 4.90 Å². The van der Waals surface area contributed by atoms with Crippen molar-refractivity contribution in [1.82, 2.24) is 4.98 Å². The zero-order chi connectivity index (χ0) is 18.8. The maximum absolute atomic E-state index is 12.7. The Bertz CT molecular complexity index is 992. The van der Waals surface area contributed by atoms with E-state index in [1.54, 1.807) is 11.8 Å². The lowest BCUT2D eigenvalue weighted by Gasteiger charge is -2.21. The first-order valence-corrected chi connectivity index (χ1v) is 9.27. The van der Waals surface area contributed by atoms with Crippen molar-refractivity contribution in [2.75, 3.05) is 11.4 Å². The second-order valence-electron chi connectivity index (χ2n) is 6.86. The number of carbonyl (C=O) groups is 2. The number of rotatable bonds is 5. The second-order valence-corrected chi connectivity index (χ2v) is 6.86. The van der Waals surface area contributed by atoms with Crippen LogP contribution in [0.2, 0.25) is 0 Å². The average Bonchev–Trinajstić information content (AvgIpc) is 3.30. The van der Waals surface area contributed by atoms with Gasteiger partial charge in [-0.3, -0.25) is 9.59 Å². The smallest absolute Gasteiger partial charge is 0.306 e. The average molecular weight is 362 g/mol. The van der Waals surface area contributed by atoms with Gasteiger partial charge in [0.25, 0.3) is 5.91 Å². The minimum Gasteiger partial charge on any atom is -0.453 e. The number of aromatic amines is 1. The Balaban J connectivity index is 1.35. The predicted molar refractivity (Wildman–Crippen MR) is 105 cm³/mol. The van der Waals surface area contributed by atoms with Gasteiger partial charge in [0.05, 0.1) is 0 Å². The van der Waals surface area contributed by atoms with Crippen LogP contribution in [0.1, 0.15) is 24.5 Å². The van der Waals surface area contributed by atoms with Gasteiger partial charge in [-0.1, -0.05) is 36.4 Å². The van der Waals surface area contributed by atoms with Gasteiger partial charge in [0.15, 0.2) is 6.10 Å². The Morgan fingerprint density at radius 2 is 1.93 bits per heavy atom. The summed E-state index contributed by atoms with van der Waals surface area (Å²) in [7, 11) is 0. The fourth-order valence-corrected chi connectivity index (χ4v) is 3.67. The molecule has 0 fully saturated rings. The van der Waals surface area contributed by atoms with E-state index in [0.717, 1.165) is 34.1 Å². The molecule has 1 aliphatic heterocycles. The molecule has 1 aromatic heterocycles. The first-order chi connectivity index (χ1) is 13.1. The number of H-pyrrole nitrogens is 1. The van der Waals surface area contributed by atoms with Gasteiger partial charge in [-0.2, -0.15) is 0 Å². The Kier molecular flexibility index (Phi) is 4.67. The van der Waals surface area contributed by atoms with E-state index in [-0.39, 0.29) is 18.3 Å². The van der Waals surface area contributed by atoms with Crippen molar-refractivity contribution in [3.05, 3.63) is 65.9 Å². The summed E-state index contributed by atoms with van der Waals surface area (Å²) in [5.74, 6) is -0.519. The Morgan fingerprint density at radius 1 is 1.15 bits per heavy atom. The molecule has 0 radical (unpaired) electrons. The van der Waals surface area contributed by atoms with Crippen LogP contribution in [0.4, 0.5) is 5.69 Å². The van der Waals surface area contributed by atoms with Crippen molar-refractivity contribution >= 4 is 28.5 Å². The summed E-state index contributed by atoms with van der Waals surface area (Å²) in [5, 5.41) is 1.11. The van der Waals surface area contributed by atoms with Crippen LogP contribution in [-0.4, -0.2) is 29.5 Å². The van der Waals surface area contributed by atoms with Crippen LogP contribution in [0.5, 0.6) is 0 Å². The van der Waals surface area contributed by atoms with E-state index in [2.05, 4.69) is 4.98 Å². The first-order valence-electron chi connectivity index (χ1n) is 9.27. The number of benzene rings is 2. The van der Waals surface area contributed by atoms with Crippen LogP contribution in [0.3, 0.4) is 0 Å². The van der Waals surface area contributed by atoms with Gasteiger partial charge in [-0.15, -0.1) is 0 Å². The van der Waals surface area contributed by atoms with Crippen LogP contribution in [0, 0.1) is 0 Å². The van der Waals surface area contributed by atoms with E-state index < -0.39 is 6.10 Å². The summed E-state index contributed by atoms with van der Waals surface area (Å²) in [6.07, 6.45) is 2.80. The van der Waals surface area contributed by atoms with Gasteiger partial charge in [-0.05, 0) is 43.0 Å². The molecule has 4 rings (SSSR count). The first kappa shape index (κ1) is 17.3. The number of nitrogens with zero attached hydrogens (tertiary/aromatic N) is 1. The molecule has 0 saturated heterocycles. The fourth-order valence-electron chi connectivity index (χ4n) is 3.67. The molecule has 1 atom stereocenters. The molecular formula is C22H22N2O3. The van der Waals surface area contributed by atoms with Crippen molar-refractivity contribution in [1.29, 1.82) is 0 Å². The molecule has 2 aromatic carbocycles. The number of aryl methyl sites for hydroxylation is 1. The number of carbonyl (C=O) groups excluding carboxylic acids is 2. The van der Waals surface area contributed by atoms with Gasteiger partial charge in [0, 0.05) is 35.8 Å². The van der Waals surface area contributed by atoms with E-state index in [1.807, 2.05) is 54.7 Å². The summed E-state index contributed by atoms with van der Waals surface area (Å²) in [6, 6.07) is 15.8. The third-order valence-corrected chi connectivity index (χ3v) is 5.08. The highest BCUT2D eigenvalue weighted by Gasteiger charge is 2.29. The molecule has 1 N–H and O–H groups in total. The number of hydrogen-bond acceptors (Lipinski definition) is 3. The summed E-state index contributed by atoms with van der Waals surface area (Å²) in [6.45, 7) is 2.28. The molecule has 5 heteroatoms. The van der Waals surface area contributed by atoms with E-state index in [1.165, 1.54) is 0 Å². The van der Waals surface area contributed by atoms with E-state index in [4.69, 9.17) is 4.74 Å². The lowest BCUT2D eigenvalue weighted by molar-refractivity contribution is -0.153. The lowest BCUT2D eigenvalue weighted by atomic mass is 10.1. The molecule has 0 aliphatic carbocycles. The number of hydrogen-bond donors (Lipinski definition) is 1. The largest absolute Gasteiger partial charge is 0.453 e. The third-order valence-electron chi connectivity index (χ3n) is 5.08. The number of aromatic nitrogens is 1. The summed E-state index contributed by atoms with van der Waals surface area (Å²) in [4.78, 5) is 29.9. The van der Waals surface area contributed by atoms with Crippen LogP contribution in [0.15, 0.2) is 54.7 Å². The predicted octanol–water partition coefficient (Wildman–Crippen LogP) is 3.62.